The summed E-state index contributed by atoms with van der Waals surface area (Å²) in [7, 11) is 0. The van der Waals surface area contributed by atoms with Gasteiger partial charge < -0.3 is 5.32 Å². The van der Waals surface area contributed by atoms with Crippen LogP contribution in [0.3, 0.4) is 0 Å². The maximum Gasteiger partial charge on any atom is 0.0158 e. The number of hydrogen-bond donors (Lipinski definition) is 1. The predicted octanol–water partition coefficient (Wildman–Crippen LogP) is 4.24. The lowest BCUT2D eigenvalue weighted by Crippen LogP contribution is -2.33. The highest BCUT2D eigenvalue weighted by molar-refractivity contribution is 8.00. The van der Waals surface area contributed by atoms with Crippen molar-refractivity contribution in [3.63, 3.8) is 0 Å². The standard InChI is InChI=1S/C14H29NS/c1-6-8-9-10-13(15-11-7-2)12-16-14(3,4)5/h6,13,15H,1,7-12H2,2-5H3. The summed E-state index contributed by atoms with van der Waals surface area (Å²) >= 11 is 2.06. The second-order valence-electron chi connectivity index (χ2n) is 5.29. The van der Waals surface area contributed by atoms with Gasteiger partial charge >= 0.3 is 0 Å². The highest BCUT2D eigenvalue weighted by Gasteiger charge is 2.14. The lowest BCUT2D eigenvalue weighted by Gasteiger charge is -2.23. The Hall–Kier alpha value is 0.0500. The third-order valence-corrected chi connectivity index (χ3v) is 3.80. The van der Waals surface area contributed by atoms with Crippen LogP contribution in [0.25, 0.3) is 0 Å². The van der Waals surface area contributed by atoms with Gasteiger partial charge in [-0.05, 0) is 32.2 Å². The lowest BCUT2D eigenvalue weighted by atomic mass is 10.1. The van der Waals surface area contributed by atoms with Gasteiger partial charge in [0, 0.05) is 16.5 Å². The Labute approximate surface area is 106 Å². The first-order valence-corrected chi connectivity index (χ1v) is 7.46. The third kappa shape index (κ3) is 10.6. The maximum atomic E-state index is 3.78. The number of nitrogens with one attached hydrogen (secondary N) is 1. The molecule has 0 aliphatic carbocycles. The zero-order chi connectivity index (χ0) is 12.4. The van der Waals surface area contributed by atoms with E-state index in [1.54, 1.807) is 0 Å². The van der Waals surface area contributed by atoms with Crippen LogP contribution in [0.4, 0.5) is 0 Å². The van der Waals surface area contributed by atoms with Crippen molar-refractivity contribution < 1.29 is 0 Å². The first-order chi connectivity index (χ1) is 7.49. The summed E-state index contributed by atoms with van der Waals surface area (Å²) in [6.07, 6.45) is 6.92. The van der Waals surface area contributed by atoms with Gasteiger partial charge in [0.05, 0.1) is 0 Å². The van der Waals surface area contributed by atoms with Crippen LogP contribution in [0, 0.1) is 0 Å². The minimum Gasteiger partial charge on any atom is -0.313 e. The highest BCUT2D eigenvalue weighted by atomic mass is 32.2. The molecule has 0 saturated carbocycles. The summed E-state index contributed by atoms with van der Waals surface area (Å²) in [5.41, 5.74) is 0. The topological polar surface area (TPSA) is 12.0 Å². The summed E-state index contributed by atoms with van der Waals surface area (Å²) < 4.78 is 0.380. The lowest BCUT2D eigenvalue weighted by molar-refractivity contribution is 0.505. The van der Waals surface area contributed by atoms with E-state index in [1.807, 2.05) is 6.08 Å². The van der Waals surface area contributed by atoms with Crippen molar-refractivity contribution in [1.82, 2.24) is 5.32 Å². The van der Waals surface area contributed by atoms with Gasteiger partial charge in [-0.15, -0.1) is 6.58 Å². The molecule has 96 valence electrons. The van der Waals surface area contributed by atoms with E-state index in [4.69, 9.17) is 0 Å². The minimum absolute atomic E-state index is 0.380. The Morgan fingerprint density at radius 1 is 1.38 bits per heavy atom. The summed E-state index contributed by atoms with van der Waals surface area (Å²) in [4.78, 5) is 0. The molecule has 0 aromatic carbocycles. The maximum absolute atomic E-state index is 3.78. The van der Waals surface area contributed by atoms with Gasteiger partial charge in [-0.1, -0.05) is 33.8 Å². The van der Waals surface area contributed by atoms with Crippen molar-refractivity contribution in [2.75, 3.05) is 12.3 Å². The van der Waals surface area contributed by atoms with Crippen molar-refractivity contribution >= 4 is 11.8 Å². The molecule has 0 amide bonds. The Balaban J connectivity index is 3.84. The van der Waals surface area contributed by atoms with E-state index in [9.17, 15) is 0 Å². The molecule has 0 saturated heterocycles. The number of unbranched alkanes of at least 4 members (excludes halogenated alkanes) is 1. The molecule has 0 fully saturated rings. The molecule has 2 heteroatoms. The average molecular weight is 243 g/mol. The largest absolute Gasteiger partial charge is 0.313 e. The molecule has 0 rings (SSSR count). The van der Waals surface area contributed by atoms with E-state index in [2.05, 4.69) is 51.4 Å². The zero-order valence-corrected chi connectivity index (χ0v) is 12.3. The van der Waals surface area contributed by atoms with Crippen molar-refractivity contribution in [1.29, 1.82) is 0 Å². The predicted molar refractivity (Wildman–Crippen MR) is 78.3 cm³/mol. The van der Waals surface area contributed by atoms with E-state index >= 15 is 0 Å². The van der Waals surface area contributed by atoms with Gasteiger partial charge in [0.25, 0.3) is 0 Å². The van der Waals surface area contributed by atoms with Crippen molar-refractivity contribution in [2.24, 2.45) is 0 Å². The smallest absolute Gasteiger partial charge is 0.0158 e. The molecule has 0 aliphatic heterocycles. The molecule has 0 heterocycles. The second-order valence-corrected chi connectivity index (χ2v) is 7.14. The molecule has 0 aromatic rings. The first kappa shape index (κ1) is 16.1. The number of rotatable bonds is 9. The van der Waals surface area contributed by atoms with E-state index in [0.29, 0.717) is 10.8 Å². The van der Waals surface area contributed by atoms with Gasteiger partial charge in [0.2, 0.25) is 0 Å². The SMILES string of the molecule is C=CCCCC(CSC(C)(C)C)NCCC. The molecule has 0 bridgehead atoms. The van der Waals surface area contributed by atoms with E-state index in [1.165, 1.54) is 25.0 Å². The van der Waals surface area contributed by atoms with Crippen LogP contribution in [0.2, 0.25) is 0 Å². The number of thioether (sulfide) groups is 1. The van der Waals surface area contributed by atoms with E-state index in [-0.39, 0.29) is 0 Å². The summed E-state index contributed by atoms with van der Waals surface area (Å²) in [5, 5.41) is 3.65. The first-order valence-electron chi connectivity index (χ1n) is 6.48. The summed E-state index contributed by atoms with van der Waals surface area (Å²) in [5.74, 6) is 1.22. The van der Waals surface area contributed by atoms with Gasteiger partial charge in [0.15, 0.2) is 0 Å². The Kier molecular flexibility index (Phi) is 9.15. The summed E-state index contributed by atoms with van der Waals surface area (Å²) in [6.45, 7) is 14.0. The fourth-order valence-electron chi connectivity index (χ4n) is 1.45. The van der Waals surface area contributed by atoms with Gasteiger partial charge in [-0.25, -0.2) is 0 Å². The molecule has 0 aromatic heterocycles. The molecule has 0 spiro atoms. The fraction of sp³-hybridized carbons (Fsp3) is 0.857. The molecule has 0 radical (unpaired) electrons. The van der Waals surface area contributed by atoms with E-state index in [0.717, 1.165) is 13.0 Å². The minimum atomic E-state index is 0.380. The van der Waals surface area contributed by atoms with Crippen LogP contribution in [-0.2, 0) is 0 Å². The molecular weight excluding hydrogens is 214 g/mol. The van der Waals surface area contributed by atoms with Gasteiger partial charge in [-0.3, -0.25) is 0 Å². The number of allylic oxidation sites excluding steroid dienone is 1. The zero-order valence-electron chi connectivity index (χ0n) is 11.5. The van der Waals surface area contributed by atoms with E-state index < -0.39 is 0 Å². The molecule has 1 N–H and O–H groups in total. The average Bonchev–Trinajstić information content (AvgIpc) is 2.20. The molecule has 0 aliphatic rings. The van der Waals surface area contributed by atoms with Crippen molar-refractivity contribution in [3.8, 4) is 0 Å². The highest BCUT2D eigenvalue weighted by Crippen LogP contribution is 2.24. The Morgan fingerprint density at radius 3 is 2.56 bits per heavy atom. The van der Waals surface area contributed by atoms with Gasteiger partial charge in [-0.2, -0.15) is 11.8 Å². The van der Waals surface area contributed by atoms with Gasteiger partial charge in [0.1, 0.15) is 0 Å². The molecule has 1 nitrogen and oxygen atoms in total. The van der Waals surface area contributed by atoms with Crippen LogP contribution in [0.5, 0.6) is 0 Å². The van der Waals surface area contributed by atoms with Crippen LogP contribution in [-0.4, -0.2) is 23.1 Å². The fourth-order valence-corrected chi connectivity index (χ4v) is 2.44. The normalized spacial score (nSPS) is 13.8. The van der Waals surface area contributed by atoms with Crippen LogP contribution in [0.1, 0.15) is 53.4 Å². The van der Waals surface area contributed by atoms with Crippen molar-refractivity contribution in [3.05, 3.63) is 12.7 Å². The third-order valence-electron chi connectivity index (χ3n) is 2.36. The van der Waals surface area contributed by atoms with Crippen LogP contribution in [0.15, 0.2) is 12.7 Å². The molecule has 16 heavy (non-hydrogen) atoms. The Morgan fingerprint density at radius 2 is 2.06 bits per heavy atom. The van der Waals surface area contributed by atoms with Crippen LogP contribution < -0.4 is 5.32 Å². The molecule has 1 unspecified atom stereocenters. The monoisotopic (exact) mass is 243 g/mol. The molecule has 1 atom stereocenters. The Bertz CT molecular complexity index is 172. The second kappa shape index (κ2) is 9.12. The van der Waals surface area contributed by atoms with Crippen molar-refractivity contribution in [2.45, 2.75) is 64.2 Å². The quantitative estimate of drug-likeness (QED) is 0.480. The number of hydrogen-bond acceptors (Lipinski definition) is 2. The summed E-state index contributed by atoms with van der Waals surface area (Å²) in [6, 6.07) is 0.670. The molecular formula is C14H29NS. The van der Waals surface area contributed by atoms with Crippen LogP contribution >= 0.6 is 11.8 Å².